The second-order valence-corrected chi connectivity index (χ2v) is 9.36. The average molecular weight is 459 g/mol. The first-order valence-electron chi connectivity index (χ1n) is 9.74. The van der Waals surface area contributed by atoms with E-state index in [2.05, 4.69) is 9.71 Å². The molecule has 2 heterocycles. The summed E-state index contributed by atoms with van der Waals surface area (Å²) in [5, 5.41) is 0. The van der Waals surface area contributed by atoms with Gasteiger partial charge in [0.05, 0.1) is 22.7 Å². The molecule has 9 heteroatoms. The Kier molecular flexibility index (Phi) is 5.46. The smallest absolute Gasteiger partial charge is 0.306 e. The number of aromatic nitrogens is 2. The van der Waals surface area contributed by atoms with Gasteiger partial charge in [0.25, 0.3) is 0 Å². The van der Waals surface area contributed by atoms with Gasteiger partial charge in [-0.3, -0.25) is 4.72 Å². The van der Waals surface area contributed by atoms with Crippen LogP contribution in [0.3, 0.4) is 0 Å². The molecule has 0 radical (unpaired) electrons. The Hall–Kier alpha value is -3.33. The third-order valence-electron chi connectivity index (χ3n) is 5.11. The van der Waals surface area contributed by atoms with Crippen molar-refractivity contribution in [2.75, 3.05) is 4.72 Å². The number of nitrogens with zero attached hydrogens (tertiary/aromatic N) is 2. The number of alkyl halides is 3. The highest BCUT2D eigenvalue weighted by Gasteiger charge is 2.30. The zero-order chi connectivity index (χ0) is 23.1. The van der Waals surface area contributed by atoms with Crippen LogP contribution in [0.1, 0.15) is 22.3 Å². The van der Waals surface area contributed by atoms with Crippen molar-refractivity contribution in [1.29, 1.82) is 0 Å². The number of nitrogens with one attached hydrogen (secondary N) is 1. The maximum atomic E-state index is 12.7. The fourth-order valence-electron chi connectivity index (χ4n) is 3.40. The van der Waals surface area contributed by atoms with Crippen molar-refractivity contribution in [2.24, 2.45) is 0 Å². The first kappa shape index (κ1) is 21.9. The molecule has 0 aliphatic rings. The number of benzene rings is 2. The molecule has 0 aliphatic heterocycles. The summed E-state index contributed by atoms with van der Waals surface area (Å²) in [6, 6.07) is 13.3. The number of halogens is 3. The van der Waals surface area contributed by atoms with Crippen LogP contribution >= 0.6 is 0 Å². The molecule has 0 atom stereocenters. The molecular weight excluding hydrogens is 439 g/mol. The first-order chi connectivity index (χ1) is 15.0. The number of hydrogen-bond donors (Lipinski definition) is 1. The van der Waals surface area contributed by atoms with Gasteiger partial charge in [-0.25, -0.2) is 13.4 Å². The van der Waals surface area contributed by atoms with Gasteiger partial charge in [0.15, 0.2) is 0 Å². The molecule has 5 nitrogen and oxygen atoms in total. The van der Waals surface area contributed by atoms with Crippen molar-refractivity contribution in [3.8, 4) is 11.3 Å². The summed E-state index contributed by atoms with van der Waals surface area (Å²) in [7, 11) is -3.85. The van der Waals surface area contributed by atoms with Gasteiger partial charge in [0, 0.05) is 18.0 Å². The fourth-order valence-corrected chi connectivity index (χ4v) is 4.66. The Labute approximate surface area is 183 Å². The number of pyridine rings is 1. The van der Waals surface area contributed by atoms with Crippen LogP contribution in [0.15, 0.2) is 67.0 Å². The standard InChI is InChI=1S/C23H20F3N3O2S/c1-15-5-8-18(21-13-29-11-3-4-16(2)22(29)27-21)12-20(15)28-32(30,31)14-17-6-9-19(10-7-17)23(24,25)26/h3-13,28H,14H2,1-2H3. The summed E-state index contributed by atoms with van der Waals surface area (Å²) < 4.78 is 68.0. The molecule has 4 aromatic rings. The molecule has 0 fully saturated rings. The number of hydrogen-bond acceptors (Lipinski definition) is 3. The van der Waals surface area contributed by atoms with Crippen LogP contribution in [0.25, 0.3) is 16.9 Å². The van der Waals surface area contributed by atoms with Crippen LogP contribution in [0.2, 0.25) is 0 Å². The van der Waals surface area contributed by atoms with Crippen molar-refractivity contribution in [3.63, 3.8) is 0 Å². The van der Waals surface area contributed by atoms with E-state index in [1.54, 1.807) is 19.1 Å². The second-order valence-electron chi connectivity index (χ2n) is 7.63. The number of rotatable bonds is 5. The van der Waals surface area contributed by atoms with Gasteiger partial charge >= 0.3 is 6.18 Å². The minimum absolute atomic E-state index is 0.259. The van der Waals surface area contributed by atoms with E-state index in [4.69, 9.17) is 0 Å². The van der Waals surface area contributed by atoms with Crippen LogP contribution < -0.4 is 4.72 Å². The summed E-state index contributed by atoms with van der Waals surface area (Å²) in [6.07, 6.45) is -0.710. The number of aryl methyl sites for hydroxylation is 2. The predicted octanol–water partition coefficient (Wildman–Crippen LogP) is 5.58. The van der Waals surface area contributed by atoms with Gasteiger partial charge in [0.1, 0.15) is 5.65 Å². The van der Waals surface area contributed by atoms with E-state index in [1.807, 2.05) is 41.9 Å². The molecule has 0 unspecified atom stereocenters. The lowest BCUT2D eigenvalue weighted by molar-refractivity contribution is -0.137. The Morgan fingerprint density at radius 1 is 1.00 bits per heavy atom. The van der Waals surface area contributed by atoms with E-state index < -0.39 is 27.5 Å². The molecule has 166 valence electrons. The number of anilines is 1. The second kappa shape index (κ2) is 7.98. The average Bonchev–Trinajstić information content (AvgIpc) is 3.15. The zero-order valence-corrected chi connectivity index (χ0v) is 18.1. The maximum Gasteiger partial charge on any atom is 0.416 e. The van der Waals surface area contributed by atoms with Crippen LogP contribution in [0.5, 0.6) is 0 Å². The number of sulfonamides is 1. The summed E-state index contributed by atoms with van der Waals surface area (Å²) >= 11 is 0. The monoisotopic (exact) mass is 459 g/mol. The minimum Gasteiger partial charge on any atom is -0.306 e. The molecular formula is C23H20F3N3O2S. The van der Waals surface area contributed by atoms with E-state index in [0.29, 0.717) is 16.9 Å². The highest BCUT2D eigenvalue weighted by molar-refractivity contribution is 7.91. The summed E-state index contributed by atoms with van der Waals surface area (Å²) in [6.45, 7) is 3.73. The van der Waals surface area contributed by atoms with E-state index in [-0.39, 0.29) is 5.56 Å². The lowest BCUT2D eigenvalue weighted by Crippen LogP contribution is -2.16. The molecule has 0 spiro atoms. The Morgan fingerprint density at radius 3 is 2.38 bits per heavy atom. The molecule has 2 aromatic carbocycles. The van der Waals surface area contributed by atoms with Crippen molar-refractivity contribution in [3.05, 3.63) is 89.2 Å². The van der Waals surface area contributed by atoms with Crippen molar-refractivity contribution in [2.45, 2.75) is 25.8 Å². The lowest BCUT2D eigenvalue weighted by atomic mass is 10.1. The third-order valence-corrected chi connectivity index (χ3v) is 6.36. The van der Waals surface area contributed by atoms with E-state index in [1.165, 1.54) is 12.1 Å². The minimum atomic E-state index is -4.47. The normalized spacial score (nSPS) is 12.3. The van der Waals surface area contributed by atoms with Crippen molar-refractivity contribution >= 4 is 21.4 Å². The quantitative estimate of drug-likeness (QED) is 0.424. The molecule has 1 N–H and O–H groups in total. The highest BCUT2D eigenvalue weighted by Crippen LogP contribution is 2.30. The largest absolute Gasteiger partial charge is 0.416 e. The van der Waals surface area contributed by atoms with Gasteiger partial charge in [-0.1, -0.05) is 30.3 Å². The van der Waals surface area contributed by atoms with Crippen molar-refractivity contribution in [1.82, 2.24) is 9.38 Å². The summed E-state index contributed by atoms with van der Waals surface area (Å²) in [4.78, 5) is 4.64. The molecule has 0 saturated heterocycles. The van der Waals surface area contributed by atoms with Crippen LogP contribution in [0.4, 0.5) is 18.9 Å². The maximum absolute atomic E-state index is 12.7. The zero-order valence-electron chi connectivity index (χ0n) is 17.3. The van der Waals surface area contributed by atoms with Gasteiger partial charge in [0.2, 0.25) is 10.0 Å². The molecule has 4 rings (SSSR count). The predicted molar refractivity (Wildman–Crippen MR) is 118 cm³/mol. The van der Waals surface area contributed by atoms with Crippen LogP contribution in [-0.2, 0) is 22.0 Å². The van der Waals surface area contributed by atoms with Crippen LogP contribution in [0, 0.1) is 13.8 Å². The van der Waals surface area contributed by atoms with E-state index in [0.717, 1.165) is 28.9 Å². The molecule has 32 heavy (non-hydrogen) atoms. The Morgan fingerprint density at radius 2 is 1.72 bits per heavy atom. The van der Waals surface area contributed by atoms with Crippen molar-refractivity contribution < 1.29 is 21.6 Å². The van der Waals surface area contributed by atoms with Gasteiger partial charge < -0.3 is 4.40 Å². The van der Waals surface area contributed by atoms with Gasteiger partial charge in [-0.05, 0) is 54.8 Å². The first-order valence-corrected chi connectivity index (χ1v) is 11.4. The van der Waals surface area contributed by atoms with Gasteiger partial charge in [-0.15, -0.1) is 0 Å². The third kappa shape index (κ3) is 4.62. The van der Waals surface area contributed by atoms with Gasteiger partial charge in [-0.2, -0.15) is 13.2 Å². The molecule has 0 amide bonds. The molecule has 0 saturated carbocycles. The number of imidazole rings is 1. The Bertz CT molecular complexity index is 1390. The number of fused-ring (bicyclic) bond motifs is 1. The summed E-state index contributed by atoms with van der Waals surface area (Å²) in [5.41, 5.74) is 3.81. The fraction of sp³-hybridized carbons (Fsp3) is 0.174. The lowest BCUT2D eigenvalue weighted by Gasteiger charge is -2.12. The van der Waals surface area contributed by atoms with Crippen LogP contribution in [-0.4, -0.2) is 17.8 Å². The van der Waals surface area contributed by atoms with E-state index in [9.17, 15) is 21.6 Å². The SMILES string of the molecule is Cc1ccc(-c2cn3cccc(C)c3n2)cc1NS(=O)(=O)Cc1ccc(C(F)(F)F)cc1. The molecule has 2 aromatic heterocycles. The Balaban J connectivity index is 1.58. The highest BCUT2D eigenvalue weighted by atomic mass is 32.2. The molecule has 0 bridgehead atoms. The topological polar surface area (TPSA) is 63.5 Å². The molecule has 0 aliphatic carbocycles. The van der Waals surface area contributed by atoms with E-state index >= 15 is 0 Å². The summed E-state index contributed by atoms with van der Waals surface area (Å²) in [5.74, 6) is -0.442.